The van der Waals surface area contributed by atoms with Crippen LogP contribution in [0.1, 0.15) is 11.3 Å². The van der Waals surface area contributed by atoms with Crippen LogP contribution in [-0.4, -0.2) is 5.97 Å². The van der Waals surface area contributed by atoms with Crippen LogP contribution in [0, 0.1) is 6.92 Å². The van der Waals surface area contributed by atoms with E-state index < -0.39 is 11.6 Å². The van der Waals surface area contributed by atoms with Crippen LogP contribution >= 0.6 is 11.6 Å². The van der Waals surface area contributed by atoms with Gasteiger partial charge in [-0.2, -0.15) is 0 Å². The number of carbonyl (C=O) groups is 1. The van der Waals surface area contributed by atoms with Crippen LogP contribution in [0.3, 0.4) is 0 Å². The molecule has 1 aromatic carbocycles. The van der Waals surface area contributed by atoms with Crippen LogP contribution < -0.4 is 10.4 Å². The molecule has 0 unspecified atom stereocenters. The van der Waals surface area contributed by atoms with Gasteiger partial charge in [-0.15, -0.1) is 0 Å². The van der Waals surface area contributed by atoms with Gasteiger partial charge in [-0.25, -0.2) is 9.59 Å². The van der Waals surface area contributed by atoms with Gasteiger partial charge in [0.25, 0.3) is 0 Å². The molecule has 0 aliphatic carbocycles. The first-order valence-electron chi connectivity index (χ1n) is 5.80. The molecular weight excluding hydrogens is 280 g/mol. The Morgan fingerprint density at radius 2 is 1.95 bits per heavy atom. The van der Waals surface area contributed by atoms with Gasteiger partial charge in [-0.05, 0) is 30.7 Å². The van der Waals surface area contributed by atoms with E-state index in [1.807, 2.05) is 0 Å². The monoisotopic (exact) mass is 290 g/mol. The normalized spacial score (nSPS) is 10.7. The number of carbonyl (C=O) groups excluding carboxylic acids is 1. The molecule has 4 nitrogen and oxygen atoms in total. The number of hydrogen-bond acceptors (Lipinski definition) is 4. The third-order valence-electron chi connectivity index (χ3n) is 2.37. The zero-order valence-electron chi connectivity index (χ0n) is 10.6. The molecule has 102 valence electrons. The van der Waals surface area contributed by atoms with Crippen molar-refractivity contribution in [2.24, 2.45) is 0 Å². The van der Waals surface area contributed by atoms with Crippen LogP contribution in [0.2, 0.25) is 5.02 Å². The van der Waals surface area contributed by atoms with Gasteiger partial charge in [0.05, 0.1) is 6.07 Å². The highest BCUT2D eigenvalue weighted by Crippen LogP contribution is 2.12. The third kappa shape index (κ3) is 4.10. The van der Waals surface area contributed by atoms with E-state index in [4.69, 9.17) is 20.8 Å². The lowest BCUT2D eigenvalue weighted by Gasteiger charge is -2.00. The van der Waals surface area contributed by atoms with E-state index in [9.17, 15) is 9.59 Å². The molecule has 0 aliphatic heterocycles. The van der Waals surface area contributed by atoms with E-state index in [-0.39, 0.29) is 5.75 Å². The van der Waals surface area contributed by atoms with Crippen LogP contribution in [0.25, 0.3) is 6.08 Å². The van der Waals surface area contributed by atoms with Crippen molar-refractivity contribution >= 4 is 23.6 Å². The fourth-order valence-corrected chi connectivity index (χ4v) is 1.65. The second-order valence-corrected chi connectivity index (χ2v) is 4.47. The third-order valence-corrected chi connectivity index (χ3v) is 2.62. The van der Waals surface area contributed by atoms with Crippen molar-refractivity contribution in [2.45, 2.75) is 6.92 Å². The molecule has 2 rings (SSSR count). The predicted octanol–water partition coefficient (Wildman–Crippen LogP) is 3.22. The maximum Gasteiger partial charge on any atom is 0.339 e. The van der Waals surface area contributed by atoms with Crippen molar-refractivity contribution in [1.82, 2.24) is 0 Å². The molecular formula is C15H11ClO4. The van der Waals surface area contributed by atoms with E-state index in [1.165, 1.54) is 12.1 Å². The first-order chi connectivity index (χ1) is 9.52. The van der Waals surface area contributed by atoms with E-state index >= 15 is 0 Å². The lowest BCUT2D eigenvalue weighted by Crippen LogP contribution is -2.07. The van der Waals surface area contributed by atoms with Crippen molar-refractivity contribution in [1.29, 1.82) is 0 Å². The number of rotatable bonds is 3. The lowest BCUT2D eigenvalue weighted by atomic mass is 10.2. The second kappa shape index (κ2) is 6.21. The summed E-state index contributed by atoms with van der Waals surface area (Å²) in [6, 6.07) is 9.56. The Morgan fingerprint density at radius 1 is 1.25 bits per heavy atom. The Balaban J connectivity index is 2.05. The number of ether oxygens (including phenoxy) is 1. The Labute approximate surface area is 120 Å². The first kappa shape index (κ1) is 14.1. The van der Waals surface area contributed by atoms with Crippen molar-refractivity contribution in [3.8, 4) is 5.75 Å². The SMILES string of the molecule is Cc1cc(OC(=O)/C=C/c2ccc(Cl)cc2)cc(=O)o1. The van der Waals surface area contributed by atoms with Gasteiger partial charge in [-0.3, -0.25) is 0 Å². The Morgan fingerprint density at radius 3 is 2.60 bits per heavy atom. The first-order valence-corrected chi connectivity index (χ1v) is 6.18. The van der Waals surface area contributed by atoms with Crippen LogP contribution in [0.5, 0.6) is 5.75 Å². The van der Waals surface area contributed by atoms with Crippen molar-refractivity contribution < 1.29 is 13.9 Å². The highest BCUT2D eigenvalue weighted by molar-refractivity contribution is 6.30. The molecule has 1 aromatic heterocycles. The summed E-state index contributed by atoms with van der Waals surface area (Å²) in [7, 11) is 0. The molecule has 0 fully saturated rings. The molecule has 2 aromatic rings. The van der Waals surface area contributed by atoms with Gasteiger partial charge in [0, 0.05) is 17.2 Å². The Kier molecular flexibility index (Phi) is 4.38. The predicted molar refractivity (Wildman–Crippen MR) is 75.8 cm³/mol. The number of hydrogen-bond donors (Lipinski definition) is 0. The quantitative estimate of drug-likeness (QED) is 0.643. The summed E-state index contributed by atoms with van der Waals surface area (Å²) in [4.78, 5) is 22.7. The molecule has 0 bridgehead atoms. The summed E-state index contributed by atoms with van der Waals surface area (Å²) in [5.41, 5.74) is 0.254. The molecule has 1 heterocycles. The average Bonchev–Trinajstić information content (AvgIpc) is 2.37. The smallest absolute Gasteiger partial charge is 0.339 e. The molecule has 0 spiro atoms. The molecule has 0 N–H and O–H groups in total. The van der Waals surface area contributed by atoms with E-state index in [0.717, 1.165) is 11.6 Å². The Bertz CT molecular complexity index is 699. The summed E-state index contributed by atoms with van der Waals surface area (Å²) in [6.07, 6.45) is 2.87. The fourth-order valence-electron chi connectivity index (χ4n) is 1.52. The van der Waals surface area contributed by atoms with Gasteiger partial charge >= 0.3 is 11.6 Å². The average molecular weight is 291 g/mol. The van der Waals surface area contributed by atoms with Crippen molar-refractivity contribution in [3.05, 3.63) is 69.2 Å². The van der Waals surface area contributed by atoms with Gasteiger partial charge in [0.15, 0.2) is 0 Å². The van der Waals surface area contributed by atoms with Gasteiger partial charge in [0.1, 0.15) is 11.5 Å². The number of esters is 1. The molecule has 5 heteroatoms. The van der Waals surface area contributed by atoms with Crippen LogP contribution in [-0.2, 0) is 4.79 Å². The number of halogens is 1. The topological polar surface area (TPSA) is 56.5 Å². The lowest BCUT2D eigenvalue weighted by molar-refractivity contribution is -0.128. The summed E-state index contributed by atoms with van der Waals surface area (Å²) in [6.45, 7) is 1.60. The van der Waals surface area contributed by atoms with E-state index in [1.54, 1.807) is 37.3 Å². The van der Waals surface area contributed by atoms with Gasteiger partial charge < -0.3 is 9.15 Å². The molecule has 0 amide bonds. The molecule has 0 aliphatic rings. The van der Waals surface area contributed by atoms with E-state index in [2.05, 4.69) is 0 Å². The minimum absolute atomic E-state index is 0.157. The fraction of sp³-hybridized carbons (Fsp3) is 0.0667. The van der Waals surface area contributed by atoms with Gasteiger partial charge in [0.2, 0.25) is 0 Å². The minimum Gasteiger partial charge on any atom is -0.428 e. The van der Waals surface area contributed by atoms with Gasteiger partial charge in [-0.1, -0.05) is 23.7 Å². The zero-order valence-corrected chi connectivity index (χ0v) is 11.4. The number of benzene rings is 1. The molecule has 0 saturated carbocycles. The van der Waals surface area contributed by atoms with Crippen molar-refractivity contribution in [3.63, 3.8) is 0 Å². The largest absolute Gasteiger partial charge is 0.428 e. The standard InChI is InChI=1S/C15H11ClO4/c1-10-8-13(9-15(18)19-10)20-14(17)7-4-11-2-5-12(16)6-3-11/h2-9H,1H3/b7-4+. The summed E-state index contributed by atoms with van der Waals surface area (Å²) < 4.78 is 9.77. The van der Waals surface area contributed by atoms with Crippen LogP contribution in [0.4, 0.5) is 0 Å². The highest BCUT2D eigenvalue weighted by Gasteiger charge is 2.03. The minimum atomic E-state index is -0.579. The molecule has 20 heavy (non-hydrogen) atoms. The molecule has 0 saturated heterocycles. The summed E-state index contributed by atoms with van der Waals surface area (Å²) in [5, 5.41) is 0.621. The maximum absolute atomic E-state index is 11.6. The second-order valence-electron chi connectivity index (χ2n) is 4.03. The number of aryl methyl sites for hydroxylation is 1. The molecule has 0 atom stereocenters. The maximum atomic E-state index is 11.6. The van der Waals surface area contributed by atoms with Crippen molar-refractivity contribution in [2.75, 3.05) is 0 Å². The van der Waals surface area contributed by atoms with Crippen LogP contribution in [0.15, 0.2) is 51.7 Å². The van der Waals surface area contributed by atoms with E-state index in [0.29, 0.717) is 10.8 Å². The summed E-state index contributed by atoms with van der Waals surface area (Å²) in [5.74, 6) is -0.0450. The zero-order chi connectivity index (χ0) is 14.5. The Hall–Kier alpha value is -2.33. The highest BCUT2D eigenvalue weighted by atomic mass is 35.5. The molecule has 0 radical (unpaired) electrons. The summed E-state index contributed by atoms with van der Waals surface area (Å²) >= 11 is 5.76.